The van der Waals surface area contributed by atoms with Crippen LogP contribution in [0.2, 0.25) is 0 Å². The Morgan fingerprint density at radius 2 is 0.944 bits per heavy atom. The minimum absolute atomic E-state index is 0.172. The molecule has 14 rings (SSSR count). The Labute approximate surface area is 413 Å². The van der Waals surface area contributed by atoms with E-state index < -0.39 is 0 Å². The van der Waals surface area contributed by atoms with Crippen LogP contribution in [-0.4, -0.2) is 5.11 Å². The third-order valence-electron chi connectivity index (χ3n) is 14.0. The fourth-order valence-corrected chi connectivity index (χ4v) is 11.8. The van der Waals surface area contributed by atoms with Crippen molar-refractivity contribution in [2.75, 3.05) is 9.80 Å². The first-order chi connectivity index (χ1) is 35.1. The summed E-state index contributed by atoms with van der Waals surface area (Å²) >= 11 is 1.83. The summed E-state index contributed by atoms with van der Waals surface area (Å²) in [4.78, 5) is 4.59. The topological polar surface area (TPSA) is 39.9 Å². The predicted octanol–water partition coefficient (Wildman–Crippen LogP) is 19.4. The van der Waals surface area contributed by atoms with Crippen molar-refractivity contribution >= 4 is 120 Å². The number of furan rings is 1. The number of hydrogen-bond donors (Lipinski definition) is 1. The van der Waals surface area contributed by atoms with Crippen LogP contribution >= 0.6 is 11.3 Å². The number of benzene rings is 12. The molecule has 0 fully saturated rings. The molecule has 5 heteroatoms. The Balaban J connectivity index is 0.865. The van der Waals surface area contributed by atoms with Crippen LogP contribution in [0.5, 0.6) is 5.75 Å². The van der Waals surface area contributed by atoms with E-state index in [0.717, 1.165) is 83.2 Å². The third kappa shape index (κ3) is 6.97. The van der Waals surface area contributed by atoms with Crippen LogP contribution in [0.15, 0.2) is 253 Å². The van der Waals surface area contributed by atoms with Crippen LogP contribution in [-0.2, 0) is 0 Å². The fourth-order valence-electron chi connectivity index (χ4n) is 10.7. The molecule has 0 unspecified atom stereocenters. The van der Waals surface area contributed by atoms with Gasteiger partial charge in [-0.05, 0) is 135 Å². The maximum absolute atomic E-state index is 11.5. The summed E-state index contributed by atoms with van der Waals surface area (Å²) in [6, 6.07) is 88.2. The maximum Gasteiger partial charge on any atom is 0.159 e. The van der Waals surface area contributed by atoms with Gasteiger partial charge in [-0.15, -0.1) is 11.3 Å². The minimum atomic E-state index is 0.172. The van der Waals surface area contributed by atoms with E-state index in [1.807, 2.05) is 23.5 Å². The average Bonchev–Trinajstić information content (AvgIpc) is 3.99. The van der Waals surface area contributed by atoms with E-state index in [9.17, 15) is 5.11 Å². The van der Waals surface area contributed by atoms with Crippen molar-refractivity contribution in [1.82, 2.24) is 0 Å². The highest BCUT2D eigenvalue weighted by atomic mass is 32.1. The third-order valence-corrected chi connectivity index (χ3v) is 15.2. The van der Waals surface area contributed by atoms with E-state index in [1.54, 1.807) is 0 Å². The second-order valence-corrected chi connectivity index (χ2v) is 19.4. The molecule has 0 amide bonds. The van der Waals surface area contributed by atoms with Crippen molar-refractivity contribution in [2.24, 2.45) is 0 Å². The maximum atomic E-state index is 11.5. The molecular formula is C66H42N2O2S. The van der Waals surface area contributed by atoms with E-state index >= 15 is 0 Å². The molecule has 334 valence electrons. The quantitative estimate of drug-likeness (QED) is 0.165. The summed E-state index contributed by atoms with van der Waals surface area (Å²) in [5.74, 6) is 0.172. The van der Waals surface area contributed by atoms with Gasteiger partial charge >= 0.3 is 0 Å². The number of para-hydroxylation sites is 2. The summed E-state index contributed by atoms with van der Waals surface area (Å²) in [6.45, 7) is 0. The Morgan fingerprint density at radius 1 is 0.310 bits per heavy atom. The second kappa shape index (κ2) is 16.5. The molecule has 2 heterocycles. The highest BCUT2D eigenvalue weighted by Gasteiger charge is 2.24. The van der Waals surface area contributed by atoms with Gasteiger partial charge in [-0.1, -0.05) is 152 Å². The molecule has 12 aromatic carbocycles. The number of phenolic OH excluding ortho intramolecular Hbond substituents is 1. The summed E-state index contributed by atoms with van der Waals surface area (Å²) in [6.07, 6.45) is 0. The molecule has 0 saturated heterocycles. The van der Waals surface area contributed by atoms with Crippen molar-refractivity contribution < 1.29 is 9.52 Å². The number of nitrogens with zero attached hydrogens (tertiary/aromatic N) is 2. The molecule has 0 atom stereocenters. The Hall–Kier alpha value is -9.16. The van der Waals surface area contributed by atoms with E-state index in [0.29, 0.717) is 5.58 Å². The van der Waals surface area contributed by atoms with Gasteiger partial charge in [-0.25, -0.2) is 0 Å². The molecule has 1 N–H and O–H groups in total. The zero-order valence-corrected chi connectivity index (χ0v) is 39.1. The lowest BCUT2D eigenvalue weighted by Gasteiger charge is -2.27. The predicted molar refractivity (Wildman–Crippen MR) is 301 cm³/mol. The highest BCUT2D eigenvalue weighted by molar-refractivity contribution is 7.25. The largest absolute Gasteiger partial charge is 0.508 e. The molecule has 4 nitrogen and oxygen atoms in total. The number of rotatable bonds is 8. The lowest BCUT2D eigenvalue weighted by atomic mass is 9.97. The van der Waals surface area contributed by atoms with Gasteiger partial charge < -0.3 is 19.3 Å². The Bertz CT molecular complexity index is 4340. The first-order valence-corrected chi connectivity index (χ1v) is 24.8. The Morgan fingerprint density at radius 3 is 1.73 bits per heavy atom. The van der Waals surface area contributed by atoms with Crippen LogP contribution in [0.3, 0.4) is 0 Å². The first kappa shape index (κ1) is 40.9. The zero-order chi connectivity index (χ0) is 47.0. The molecule has 0 aliphatic rings. The van der Waals surface area contributed by atoms with E-state index in [4.69, 9.17) is 4.42 Å². The molecule has 0 aliphatic carbocycles. The smallest absolute Gasteiger partial charge is 0.159 e. The van der Waals surface area contributed by atoms with Crippen LogP contribution in [0.25, 0.3) is 96.7 Å². The molecule has 0 spiro atoms. The number of aromatic hydroxyl groups is 1. The monoisotopic (exact) mass is 926 g/mol. The van der Waals surface area contributed by atoms with E-state index in [-0.39, 0.29) is 5.75 Å². The molecule has 0 saturated carbocycles. The van der Waals surface area contributed by atoms with Crippen LogP contribution < -0.4 is 9.80 Å². The normalized spacial score (nSPS) is 11.7. The first-order valence-electron chi connectivity index (χ1n) is 23.9. The molecular weight excluding hydrogens is 885 g/mol. The summed E-state index contributed by atoms with van der Waals surface area (Å²) < 4.78 is 9.46. The van der Waals surface area contributed by atoms with Gasteiger partial charge in [0.1, 0.15) is 11.3 Å². The molecule has 0 radical (unpaired) electrons. The van der Waals surface area contributed by atoms with Crippen molar-refractivity contribution in [1.29, 1.82) is 0 Å². The highest BCUT2D eigenvalue weighted by Crippen LogP contribution is 2.48. The van der Waals surface area contributed by atoms with Crippen molar-refractivity contribution in [2.45, 2.75) is 0 Å². The number of fused-ring (bicyclic) bond motifs is 9. The fraction of sp³-hybridized carbons (Fsp3) is 0. The molecule has 2 aromatic heterocycles. The molecule has 0 bridgehead atoms. The van der Waals surface area contributed by atoms with Crippen molar-refractivity contribution in [3.8, 4) is 28.0 Å². The van der Waals surface area contributed by atoms with Crippen LogP contribution in [0, 0.1) is 0 Å². The minimum Gasteiger partial charge on any atom is -0.508 e. The number of phenols is 1. The number of thiophene rings is 1. The van der Waals surface area contributed by atoms with E-state index in [2.05, 4.69) is 246 Å². The second-order valence-electron chi connectivity index (χ2n) is 18.3. The lowest BCUT2D eigenvalue weighted by Crippen LogP contribution is -2.10. The SMILES string of the molecule is Oc1cc(N(c2ccc3ccccc3c2)c2cccc3ccccc23)c2oc3cc(-c4ccc5sc6cc(-c7cc(N(c8ccccc8)c8ccccc8)c8ccccc8c7)ccc6c5c4)ccc3c2c1. The van der Waals surface area contributed by atoms with Gasteiger partial charge in [0, 0.05) is 64.8 Å². The van der Waals surface area contributed by atoms with Gasteiger partial charge in [0.15, 0.2) is 5.58 Å². The number of anilines is 6. The van der Waals surface area contributed by atoms with Gasteiger partial charge in [-0.3, -0.25) is 0 Å². The lowest BCUT2D eigenvalue weighted by molar-refractivity contribution is 0.476. The van der Waals surface area contributed by atoms with Gasteiger partial charge in [0.25, 0.3) is 0 Å². The standard InChI is InChI=1S/C66H42N2O2S/c69-53-40-59-56-31-27-46(38-63(56)70-66(59)62(41-53)68(52-30-26-42-14-7-8-16-44(42)35-52)60-25-13-18-43-15-9-11-23-54(43)60)45-29-33-64-58(36-45)57-32-28-47(39-65(57)71-64)49-34-48-17-10-12-24-55(48)61(37-49)67(50-19-3-1-4-20-50)51-21-5-2-6-22-51/h1-41,69H. The van der Waals surface area contributed by atoms with Crippen LogP contribution in [0.1, 0.15) is 0 Å². The van der Waals surface area contributed by atoms with Crippen molar-refractivity contribution in [3.63, 3.8) is 0 Å². The molecule has 71 heavy (non-hydrogen) atoms. The summed E-state index contributed by atoms with van der Waals surface area (Å²) in [5, 5.41) is 22.7. The van der Waals surface area contributed by atoms with Gasteiger partial charge in [-0.2, -0.15) is 0 Å². The van der Waals surface area contributed by atoms with Crippen molar-refractivity contribution in [3.05, 3.63) is 249 Å². The molecule has 0 aliphatic heterocycles. The Kier molecular flexibility index (Phi) is 9.51. The van der Waals surface area contributed by atoms with Gasteiger partial charge in [0.2, 0.25) is 0 Å². The molecule has 14 aromatic rings. The summed E-state index contributed by atoms with van der Waals surface area (Å²) in [7, 11) is 0. The van der Waals surface area contributed by atoms with Crippen LogP contribution in [0.4, 0.5) is 34.1 Å². The van der Waals surface area contributed by atoms with E-state index in [1.165, 1.54) is 42.1 Å². The zero-order valence-electron chi connectivity index (χ0n) is 38.3. The number of hydrogen-bond acceptors (Lipinski definition) is 5. The summed E-state index contributed by atoms with van der Waals surface area (Å²) in [5.41, 5.74) is 12.1. The average molecular weight is 927 g/mol. The van der Waals surface area contributed by atoms with Gasteiger partial charge in [0.05, 0.1) is 17.1 Å².